The maximum absolute atomic E-state index is 12.6. The van der Waals surface area contributed by atoms with Crippen LogP contribution in [-0.4, -0.2) is 32.5 Å². The first-order chi connectivity index (χ1) is 12.6. The molecule has 2 aromatic carbocycles. The summed E-state index contributed by atoms with van der Waals surface area (Å²) in [6, 6.07) is 15.6. The molecule has 1 aromatic heterocycles. The first kappa shape index (κ1) is 17.5. The Hall–Kier alpha value is -3.28. The van der Waals surface area contributed by atoms with Gasteiger partial charge in [-0.3, -0.25) is 9.59 Å². The average Bonchev–Trinajstić information content (AvgIpc) is 3.22. The van der Waals surface area contributed by atoms with Gasteiger partial charge in [-0.25, -0.2) is 9.67 Å². The van der Waals surface area contributed by atoms with Crippen LogP contribution >= 0.6 is 0 Å². The number of hydrogen-bond acceptors (Lipinski definition) is 4. The second kappa shape index (κ2) is 7.74. The highest BCUT2D eigenvalue weighted by Crippen LogP contribution is 2.13. The van der Waals surface area contributed by atoms with Crippen molar-refractivity contribution in [2.75, 3.05) is 0 Å². The summed E-state index contributed by atoms with van der Waals surface area (Å²) in [5.41, 5.74) is 1.53. The van der Waals surface area contributed by atoms with Crippen molar-refractivity contribution in [3.05, 3.63) is 83.9 Å². The Morgan fingerprint density at radius 3 is 2.35 bits per heavy atom. The zero-order valence-electron chi connectivity index (χ0n) is 14.7. The number of benzene rings is 2. The predicted molar refractivity (Wildman–Crippen MR) is 98.0 cm³/mol. The van der Waals surface area contributed by atoms with Crippen molar-refractivity contribution < 1.29 is 9.59 Å². The molecule has 1 N–H and O–H groups in total. The fraction of sp³-hybridized carbons (Fsp3) is 0.200. The minimum atomic E-state index is -0.229. The summed E-state index contributed by atoms with van der Waals surface area (Å²) in [5, 5.41) is 7.05. The molecule has 0 radical (unpaired) electrons. The Labute approximate surface area is 151 Å². The highest BCUT2D eigenvalue weighted by molar-refractivity contribution is 6.10. The summed E-state index contributed by atoms with van der Waals surface area (Å²) < 4.78 is 1.69. The molecule has 6 heteroatoms. The van der Waals surface area contributed by atoms with Crippen LogP contribution in [0.3, 0.4) is 0 Å². The van der Waals surface area contributed by atoms with Crippen molar-refractivity contribution >= 4 is 11.7 Å². The molecule has 0 aliphatic rings. The Bertz CT molecular complexity index is 891. The summed E-state index contributed by atoms with van der Waals surface area (Å²) in [6.45, 7) is 3.86. The molecular weight excluding hydrogens is 328 g/mol. The zero-order chi connectivity index (χ0) is 18.5. The van der Waals surface area contributed by atoms with E-state index in [9.17, 15) is 9.59 Å². The topological polar surface area (TPSA) is 76.9 Å². The molecule has 0 aliphatic heterocycles. The lowest BCUT2D eigenvalue weighted by atomic mass is 10.0. The molecule has 0 fully saturated rings. The number of rotatable bonds is 6. The van der Waals surface area contributed by atoms with E-state index in [-0.39, 0.29) is 23.8 Å². The Balaban J connectivity index is 1.73. The summed E-state index contributed by atoms with van der Waals surface area (Å²) in [5.74, 6) is -0.337. The van der Waals surface area contributed by atoms with Gasteiger partial charge in [0.15, 0.2) is 5.78 Å². The SMILES string of the molecule is CC(NC(=O)c1cccc(C(=O)c2ccccc2)c1)C(C)n1cncn1. The summed E-state index contributed by atoms with van der Waals surface area (Å²) in [6.07, 6.45) is 3.08. The van der Waals surface area contributed by atoms with Crippen molar-refractivity contribution in [2.24, 2.45) is 0 Å². The monoisotopic (exact) mass is 348 g/mol. The van der Waals surface area contributed by atoms with Gasteiger partial charge < -0.3 is 5.32 Å². The van der Waals surface area contributed by atoms with Crippen LogP contribution in [0.1, 0.15) is 46.2 Å². The van der Waals surface area contributed by atoms with Crippen molar-refractivity contribution in [2.45, 2.75) is 25.9 Å². The Kier molecular flexibility index (Phi) is 5.22. The summed E-state index contributed by atoms with van der Waals surface area (Å²) in [4.78, 5) is 29.1. The molecular formula is C20H20N4O2. The molecule has 0 aliphatic carbocycles. The van der Waals surface area contributed by atoms with Crippen LogP contribution in [0.5, 0.6) is 0 Å². The fourth-order valence-corrected chi connectivity index (χ4v) is 2.63. The summed E-state index contributed by atoms with van der Waals surface area (Å²) in [7, 11) is 0. The second-order valence-electron chi connectivity index (χ2n) is 6.15. The number of nitrogens with zero attached hydrogens (tertiary/aromatic N) is 3. The van der Waals surface area contributed by atoms with Crippen molar-refractivity contribution in [1.82, 2.24) is 20.1 Å². The highest BCUT2D eigenvalue weighted by atomic mass is 16.1. The number of aromatic nitrogens is 3. The molecule has 0 spiro atoms. The van der Waals surface area contributed by atoms with Gasteiger partial charge >= 0.3 is 0 Å². The van der Waals surface area contributed by atoms with E-state index in [2.05, 4.69) is 15.4 Å². The van der Waals surface area contributed by atoms with Gasteiger partial charge in [0.2, 0.25) is 0 Å². The van der Waals surface area contributed by atoms with Crippen LogP contribution in [0, 0.1) is 0 Å². The van der Waals surface area contributed by atoms with E-state index in [0.29, 0.717) is 16.7 Å². The number of carbonyl (C=O) groups excluding carboxylic acids is 2. The molecule has 3 aromatic rings. The lowest BCUT2D eigenvalue weighted by Gasteiger charge is -2.21. The largest absolute Gasteiger partial charge is 0.347 e. The van der Waals surface area contributed by atoms with E-state index < -0.39 is 0 Å². The number of nitrogens with one attached hydrogen (secondary N) is 1. The van der Waals surface area contributed by atoms with Crippen LogP contribution in [0.2, 0.25) is 0 Å². The standard InChI is InChI=1S/C20H20N4O2/c1-14(15(2)24-13-21-12-22-24)23-20(26)18-10-6-9-17(11-18)19(25)16-7-4-3-5-8-16/h3-15H,1-2H3,(H,23,26). The maximum Gasteiger partial charge on any atom is 0.251 e. The van der Waals surface area contributed by atoms with E-state index >= 15 is 0 Å². The lowest BCUT2D eigenvalue weighted by molar-refractivity contribution is 0.0928. The second-order valence-corrected chi connectivity index (χ2v) is 6.15. The van der Waals surface area contributed by atoms with E-state index in [1.165, 1.54) is 6.33 Å². The number of hydrogen-bond donors (Lipinski definition) is 1. The minimum absolute atomic E-state index is 0.0458. The van der Waals surface area contributed by atoms with Crippen LogP contribution in [0.25, 0.3) is 0 Å². The highest BCUT2D eigenvalue weighted by Gasteiger charge is 2.18. The molecule has 1 amide bonds. The van der Waals surface area contributed by atoms with Crippen molar-refractivity contribution in [3.63, 3.8) is 0 Å². The van der Waals surface area contributed by atoms with E-state index in [1.807, 2.05) is 32.0 Å². The van der Waals surface area contributed by atoms with Crippen LogP contribution in [-0.2, 0) is 0 Å². The molecule has 0 saturated heterocycles. The average molecular weight is 348 g/mol. The number of amides is 1. The minimum Gasteiger partial charge on any atom is -0.347 e. The molecule has 3 rings (SSSR count). The first-order valence-corrected chi connectivity index (χ1v) is 8.41. The smallest absolute Gasteiger partial charge is 0.251 e. The molecule has 132 valence electrons. The maximum atomic E-state index is 12.6. The number of ketones is 1. The number of carbonyl (C=O) groups is 2. The van der Waals surface area contributed by atoms with Crippen LogP contribution < -0.4 is 5.32 Å². The first-order valence-electron chi connectivity index (χ1n) is 8.41. The predicted octanol–water partition coefficient (Wildman–Crippen LogP) is 2.89. The van der Waals surface area contributed by atoms with Crippen LogP contribution in [0.15, 0.2) is 67.3 Å². The van der Waals surface area contributed by atoms with Gasteiger partial charge in [0, 0.05) is 22.7 Å². The Morgan fingerprint density at radius 1 is 0.962 bits per heavy atom. The third kappa shape index (κ3) is 3.85. The zero-order valence-corrected chi connectivity index (χ0v) is 14.7. The van der Waals surface area contributed by atoms with Crippen molar-refractivity contribution in [1.29, 1.82) is 0 Å². The molecule has 0 saturated carbocycles. The van der Waals surface area contributed by atoms with Gasteiger partial charge in [0.25, 0.3) is 5.91 Å². The van der Waals surface area contributed by atoms with Gasteiger partial charge in [-0.1, -0.05) is 42.5 Å². The third-order valence-electron chi connectivity index (χ3n) is 4.36. The van der Waals surface area contributed by atoms with E-state index in [4.69, 9.17) is 0 Å². The molecule has 1 heterocycles. The van der Waals surface area contributed by atoms with Gasteiger partial charge in [-0.2, -0.15) is 5.10 Å². The van der Waals surface area contributed by atoms with Crippen molar-refractivity contribution in [3.8, 4) is 0 Å². The lowest BCUT2D eigenvalue weighted by Crippen LogP contribution is -2.38. The van der Waals surface area contributed by atoms with Gasteiger partial charge in [-0.05, 0) is 26.0 Å². The quantitative estimate of drug-likeness (QED) is 0.695. The summed E-state index contributed by atoms with van der Waals surface area (Å²) >= 11 is 0. The van der Waals surface area contributed by atoms with E-state index in [0.717, 1.165) is 0 Å². The molecule has 0 bridgehead atoms. The van der Waals surface area contributed by atoms with Gasteiger partial charge in [0.1, 0.15) is 12.7 Å². The Morgan fingerprint density at radius 2 is 1.65 bits per heavy atom. The fourth-order valence-electron chi connectivity index (χ4n) is 2.63. The molecule has 2 atom stereocenters. The molecule has 6 nitrogen and oxygen atoms in total. The molecule has 2 unspecified atom stereocenters. The van der Waals surface area contributed by atoms with E-state index in [1.54, 1.807) is 47.4 Å². The van der Waals surface area contributed by atoms with Gasteiger partial charge in [-0.15, -0.1) is 0 Å². The van der Waals surface area contributed by atoms with Gasteiger partial charge in [0.05, 0.1) is 6.04 Å². The third-order valence-corrected chi connectivity index (χ3v) is 4.36. The van der Waals surface area contributed by atoms with Crippen LogP contribution in [0.4, 0.5) is 0 Å². The molecule has 26 heavy (non-hydrogen) atoms. The normalized spacial score (nSPS) is 13.0.